The van der Waals surface area contributed by atoms with Gasteiger partial charge in [-0.3, -0.25) is 0 Å². The van der Waals surface area contributed by atoms with Crippen LogP contribution >= 0.6 is 0 Å². The Kier molecular flexibility index (Phi) is 2.57. The SMILES string of the molecule is Cc1cccc(-c2nc3c(CN)cccn3n2)c1. The average Bonchev–Trinajstić information content (AvgIpc) is 2.82. The first-order valence-electron chi connectivity index (χ1n) is 5.89. The van der Waals surface area contributed by atoms with E-state index in [1.807, 2.05) is 30.5 Å². The Morgan fingerprint density at radius 1 is 1.22 bits per heavy atom. The molecule has 2 aromatic heterocycles. The molecular weight excluding hydrogens is 224 g/mol. The van der Waals surface area contributed by atoms with E-state index in [1.54, 1.807) is 4.52 Å². The normalized spacial score (nSPS) is 11.0. The van der Waals surface area contributed by atoms with Gasteiger partial charge in [-0.15, -0.1) is 5.10 Å². The van der Waals surface area contributed by atoms with E-state index in [0.717, 1.165) is 22.6 Å². The van der Waals surface area contributed by atoms with Gasteiger partial charge in [0.1, 0.15) is 0 Å². The van der Waals surface area contributed by atoms with Crippen molar-refractivity contribution in [3.8, 4) is 11.4 Å². The van der Waals surface area contributed by atoms with Gasteiger partial charge in [0.05, 0.1) is 0 Å². The molecule has 0 saturated heterocycles. The van der Waals surface area contributed by atoms with Crippen LogP contribution < -0.4 is 5.73 Å². The number of aryl methyl sites for hydroxylation is 1. The minimum atomic E-state index is 0.469. The molecule has 3 aromatic rings. The minimum absolute atomic E-state index is 0.469. The fourth-order valence-corrected chi connectivity index (χ4v) is 2.03. The van der Waals surface area contributed by atoms with Gasteiger partial charge < -0.3 is 5.73 Å². The molecule has 0 bridgehead atoms. The zero-order chi connectivity index (χ0) is 12.5. The Balaban J connectivity index is 2.19. The summed E-state index contributed by atoms with van der Waals surface area (Å²) in [7, 11) is 0. The summed E-state index contributed by atoms with van der Waals surface area (Å²) in [4.78, 5) is 4.57. The fraction of sp³-hybridized carbons (Fsp3) is 0.143. The van der Waals surface area contributed by atoms with Crippen LogP contribution in [0.3, 0.4) is 0 Å². The summed E-state index contributed by atoms with van der Waals surface area (Å²) in [6.45, 7) is 2.53. The Labute approximate surface area is 105 Å². The summed E-state index contributed by atoms with van der Waals surface area (Å²) in [5, 5.41) is 4.48. The van der Waals surface area contributed by atoms with Gasteiger partial charge in [-0.2, -0.15) is 0 Å². The maximum atomic E-state index is 5.71. The maximum Gasteiger partial charge on any atom is 0.182 e. The van der Waals surface area contributed by atoms with Crippen LogP contribution in [0.1, 0.15) is 11.1 Å². The molecule has 0 atom stereocenters. The number of aromatic nitrogens is 3. The minimum Gasteiger partial charge on any atom is -0.326 e. The molecule has 2 heterocycles. The highest BCUT2D eigenvalue weighted by Gasteiger charge is 2.08. The van der Waals surface area contributed by atoms with Crippen molar-refractivity contribution in [2.75, 3.05) is 0 Å². The van der Waals surface area contributed by atoms with Gasteiger partial charge in [0.2, 0.25) is 0 Å². The maximum absolute atomic E-state index is 5.71. The number of nitrogens with zero attached hydrogens (tertiary/aromatic N) is 3. The summed E-state index contributed by atoms with van der Waals surface area (Å²) >= 11 is 0. The summed E-state index contributed by atoms with van der Waals surface area (Å²) in [5.41, 5.74) is 9.77. The zero-order valence-corrected chi connectivity index (χ0v) is 10.2. The molecule has 90 valence electrons. The van der Waals surface area contributed by atoms with Gasteiger partial charge in [-0.05, 0) is 19.1 Å². The summed E-state index contributed by atoms with van der Waals surface area (Å²) in [5.74, 6) is 0.736. The van der Waals surface area contributed by atoms with E-state index in [0.29, 0.717) is 6.54 Å². The summed E-state index contributed by atoms with van der Waals surface area (Å²) in [6.07, 6.45) is 1.89. The third kappa shape index (κ3) is 1.76. The smallest absolute Gasteiger partial charge is 0.182 e. The molecule has 0 aliphatic heterocycles. The van der Waals surface area contributed by atoms with Crippen molar-refractivity contribution in [3.63, 3.8) is 0 Å². The van der Waals surface area contributed by atoms with Crippen molar-refractivity contribution in [1.82, 2.24) is 14.6 Å². The predicted octanol–water partition coefficient (Wildman–Crippen LogP) is 2.16. The molecule has 0 fully saturated rings. The first kappa shape index (κ1) is 10.9. The molecule has 4 heteroatoms. The van der Waals surface area contributed by atoms with Crippen LogP contribution in [-0.2, 0) is 6.54 Å². The van der Waals surface area contributed by atoms with Crippen LogP contribution in [-0.4, -0.2) is 14.6 Å². The van der Waals surface area contributed by atoms with Crippen LogP contribution in [0.4, 0.5) is 0 Å². The van der Waals surface area contributed by atoms with Crippen LogP contribution in [0.15, 0.2) is 42.6 Å². The lowest BCUT2D eigenvalue weighted by Crippen LogP contribution is -1.99. The second-order valence-electron chi connectivity index (χ2n) is 4.31. The first-order chi connectivity index (χ1) is 8.78. The lowest BCUT2D eigenvalue weighted by Gasteiger charge is -1.96. The van der Waals surface area contributed by atoms with Gasteiger partial charge in [0, 0.05) is 23.9 Å². The molecule has 0 saturated carbocycles. The van der Waals surface area contributed by atoms with E-state index in [2.05, 4.69) is 29.1 Å². The lowest BCUT2D eigenvalue weighted by atomic mass is 10.1. The van der Waals surface area contributed by atoms with E-state index in [-0.39, 0.29) is 0 Å². The number of hydrogen-bond donors (Lipinski definition) is 1. The molecule has 0 unspecified atom stereocenters. The van der Waals surface area contributed by atoms with Gasteiger partial charge in [0.25, 0.3) is 0 Å². The van der Waals surface area contributed by atoms with E-state index < -0.39 is 0 Å². The monoisotopic (exact) mass is 238 g/mol. The van der Waals surface area contributed by atoms with Crippen molar-refractivity contribution in [1.29, 1.82) is 0 Å². The summed E-state index contributed by atoms with van der Waals surface area (Å²) in [6, 6.07) is 12.1. The van der Waals surface area contributed by atoms with Crippen LogP contribution in [0.2, 0.25) is 0 Å². The highest BCUT2D eigenvalue weighted by atomic mass is 15.3. The first-order valence-corrected chi connectivity index (χ1v) is 5.89. The number of nitrogens with two attached hydrogens (primary N) is 1. The van der Waals surface area contributed by atoms with Crippen LogP contribution in [0.25, 0.3) is 17.0 Å². The quantitative estimate of drug-likeness (QED) is 0.744. The van der Waals surface area contributed by atoms with Crippen molar-refractivity contribution in [2.24, 2.45) is 5.73 Å². The fourth-order valence-electron chi connectivity index (χ4n) is 2.03. The van der Waals surface area contributed by atoms with E-state index in [1.165, 1.54) is 5.56 Å². The van der Waals surface area contributed by atoms with Crippen molar-refractivity contribution < 1.29 is 0 Å². The second kappa shape index (κ2) is 4.23. The molecule has 0 radical (unpaired) electrons. The summed E-state index contributed by atoms with van der Waals surface area (Å²) < 4.78 is 1.78. The molecular formula is C14H14N4. The highest BCUT2D eigenvalue weighted by molar-refractivity contribution is 5.60. The zero-order valence-electron chi connectivity index (χ0n) is 10.2. The molecule has 0 aliphatic carbocycles. The third-order valence-electron chi connectivity index (χ3n) is 2.94. The molecule has 3 rings (SSSR count). The Bertz CT molecular complexity index is 700. The van der Waals surface area contributed by atoms with Crippen LogP contribution in [0.5, 0.6) is 0 Å². The molecule has 18 heavy (non-hydrogen) atoms. The van der Waals surface area contributed by atoms with Crippen LogP contribution in [0, 0.1) is 6.92 Å². The van der Waals surface area contributed by atoms with Gasteiger partial charge in [0.15, 0.2) is 11.5 Å². The van der Waals surface area contributed by atoms with E-state index in [4.69, 9.17) is 5.73 Å². The average molecular weight is 238 g/mol. The van der Waals surface area contributed by atoms with Crippen molar-refractivity contribution in [2.45, 2.75) is 13.5 Å². The Hall–Kier alpha value is -2.20. The van der Waals surface area contributed by atoms with E-state index >= 15 is 0 Å². The second-order valence-corrected chi connectivity index (χ2v) is 4.31. The molecule has 2 N–H and O–H groups in total. The predicted molar refractivity (Wildman–Crippen MR) is 71.1 cm³/mol. The van der Waals surface area contributed by atoms with E-state index in [9.17, 15) is 0 Å². The van der Waals surface area contributed by atoms with Crippen molar-refractivity contribution >= 4 is 5.65 Å². The van der Waals surface area contributed by atoms with Gasteiger partial charge in [-0.1, -0.05) is 29.8 Å². The Morgan fingerprint density at radius 3 is 2.89 bits per heavy atom. The standard InChI is InChI=1S/C14H14N4/c1-10-4-2-5-11(8-10)13-16-14-12(9-15)6-3-7-18(14)17-13/h2-8H,9,15H2,1H3. The largest absolute Gasteiger partial charge is 0.326 e. The third-order valence-corrected chi connectivity index (χ3v) is 2.94. The highest BCUT2D eigenvalue weighted by Crippen LogP contribution is 2.18. The number of fused-ring (bicyclic) bond motifs is 1. The number of hydrogen-bond acceptors (Lipinski definition) is 3. The van der Waals surface area contributed by atoms with Gasteiger partial charge >= 0.3 is 0 Å². The molecule has 1 aromatic carbocycles. The number of benzene rings is 1. The Morgan fingerprint density at radius 2 is 2.11 bits per heavy atom. The molecule has 0 spiro atoms. The van der Waals surface area contributed by atoms with Crippen molar-refractivity contribution in [3.05, 3.63) is 53.7 Å². The topological polar surface area (TPSA) is 56.2 Å². The lowest BCUT2D eigenvalue weighted by molar-refractivity contribution is 0.944. The molecule has 0 amide bonds. The molecule has 0 aliphatic rings. The number of pyridine rings is 1. The molecule has 4 nitrogen and oxygen atoms in total. The van der Waals surface area contributed by atoms with Gasteiger partial charge in [-0.25, -0.2) is 9.50 Å². The number of rotatable bonds is 2.